The molecular formula is C13H12O2S. The van der Waals surface area contributed by atoms with E-state index in [2.05, 4.69) is 0 Å². The standard InChI is InChI=1S/C13H12O2S/c1-9-3-4-11(13(14)15-2)12(7-9)10-5-6-16-8-10/h3-8H,1-2H3. The number of carbonyl (C=O) groups excluding carboxylic acids is 1. The van der Waals surface area contributed by atoms with Crippen LogP contribution < -0.4 is 0 Å². The van der Waals surface area contributed by atoms with Crippen molar-refractivity contribution in [1.29, 1.82) is 0 Å². The Morgan fingerprint density at radius 3 is 2.75 bits per heavy atom. The molecule has 0 bridgehead atoms. The number of hydrogen-bond donors (Lipinski definition) is 0. The molecule has 16 heavy (non-hydrogen) atoms. The lowest BCUT2D eigenvalue weighted by molar-refractivity contribution is 0.0601. The summed E-state index contributed by atoms with van der Waals surface area (Å²) in [7, 11) is 1.40. The second-order valence-electron chi connectivity index (χ2n) is 3.55. The first-order chi connectivity index (χ1) is 7.72. The van der Waals surface area contributed by atoms with Crippen LogP contribution >= 0.6 is 11.3 Å². The van der Waals surface area contributed by atoms with Crippen molar-refractivity contribution in [3.8, 4) is 11.1 Å². The van der Waals surface area contributed by atoms with Gasteiger partial charge < -0.3 is 4.74 Å². The highest BCUT2D eigenvalue weighted by atomic mass is 32.1. The van der Waals surface area contributed by atoms with Crippen molar-refractivity contribution in [1.82, 2.24) is 0 Å². The maximum atomic E-state index is 11.6. The summed E-state index contributed by atoms with van der Waals surface area (Å²) in [6.45, 7) is 2.01. The zero-order chi connectivity index (χ0) is 11.5. The molecule has 2 rings (SSSR count). The van der Waals surface area contributed by atoms with Crippen LogP contribution in [0.5, 0.6) is 0 Å². The number of hydrogen-bond acceptors (Lipinski definition) is 3. The molecule has 0 aliphatic rings. The molecule has 0 saturated carbocycles. The van der Waals surface area contributed by atoms with Gasteiger partial charge in [-0.3, -0.25) is 0 Å². The molecule has 0 atom stereocenters. The normalized spacial score (nSPS) is 10.1. The van der Waals surface area contributed by atoms with E-state index in [0.717, 1.165) is 16.7 Å². The summed E-state index contributed by atoms with van der Waals surface area (Å²) < 4.78 is 4.78. The summed E-state index contributed by atoms with van der Waals surface area (Å²) in [6.07, 6.45) is 0. The first kappa shape index (κ1) is 10.9. The Balaban J connectivity index is 2.57. The first-order valence-electron chi connectivity index (χ1n) is 4.94. The van der Waals surface area contributed by atoms with Crippen molar-refractivity contribution in [3.63, 3.8) is 0 Å². The molecule has 0 fully saturated rings. The highest BCUT2D eigenvalue weighted by molar-refractivity contribution is 7.08. The van der Waals surface area contributed by atoms with E-state index in [1.807, 2.05) is 41.9 Å². The van der Waals surface area contributed by atoms with Crippen LogP contribution in [0.1, 0.15) is 15.9 Å². The van der Waals surface area contributed by atoms with E-state index in [9.17, 15) is 4.79 Å². The van der Waals surface area contributed by atoms with E-state index in [4.69, 9.17) is 4.74 Å². The van der Waals surface area contributed by atoms with E-state index in [0.29, 0.717) is 5.56 Å². The number of rotatable bonds is 2. The fraction of sp³-hybridized carbons (Fsp3) is 0.154. The Hall–Kier alpha value is -1.61. The van der Waals surface area contributed by atoms with E-state index in [1.165, 1.54) is 7.11 Å². The number of carbonyl (C=O) groups is 1. The molecule has 2 aromatic rings. The van der Waals surface area contributed by atoms with Crippen molar-refractivity contribution in [2.24, 2.45) is 0 Å². The fourth-order valence-corrected chi connectivity index (χ4v) is 2.26. The molecule has 0 aliphatic carbocycles. The minimum atomic E-state index is -0.291. The van der Waals surface area contributed by atoms with Gasteiger partial charge in [-0.15, -0.1) is 0 Å². The molecular weight excluding hydrogens is 220 g/mol. The highest BCUT2D eigenvalue weighted by Gasteiger charge is 2.13. The molecule has 1 heterocycles. The molecule has 0 amide bonds. The number of benzene rings is 1. The molecule has 0 aliphatic heterocycles. The number of ether oxygens (including phenoxy) is 1. The second kappa shape index (κ2) is 4.49. The molecule has 0 saturated heterocycles. The van der Waals surface area contributed by atoms with E-state index >= 15 is 0 Å². The van der Waals surface area contributed by atoms with Gasteiger partial charge in [0.25, 0.3) is 0 Å². The predicted molar refractivity (Wildman–Crippen MR) is 65.8 cm³/mol. The number of thiophene rings is 1. The maximum absolute atomic E-state index is 11.6. The Morgan fingerprint density at radius 2 is 2.12 bits per heavy atom. The van der Waals surface area contributed by atoms with Crippen molar-refractivity contribution < 1.29 is 9.53 Å². The minimum Gasteiger partial charge on any atom is -0.465 e. The molecule has 0 spiro atoms. The fourth-order valence-electron chi connectivity index (χ4n) is 1.60. The quantitative estimate of drug-likeness (QED) is 0.741. The summed E-state index contributed by atoms with van der Waals surface area (Å²) in [5.74, 6) is -0.291. The smallest absolute Gasteiger partial charge is 0.338 e. The zero-order valence-corrected chi connectivity index (χ0v) is 10.0. The molecule has 0 unspecified atom stereocenters. The Morgan fingerprint density at radius 1 is 1.31 bits per heavy atom. The molecule has 2 nitrogen and oxygen atoms in total. The first-order valence-corrected chi connectivity index (χ1v) is 5.88. The Labute approximate surface area is 98.5 Å². The topological polar surface area (TPSA) is 26.3 Å². The van der Waals surface area contributed by atoms with Gasteiger partial charge >= 0.3 is 5.97 Å². The van der Waals surface area contributed by atoms with Crippen LogP contribution in [0.25, 0.3) is 11.1 Å². The predicted octanol–water partition coefficient (Wildman–Crippen LogP) is 3.51. The van der Waals surface area contributed by atoms with Crippen LogP contribution in [0, 0.1) is 6.92 Å². The van der Waals surface area contributed by atoms with Gasteiger partial charge in [0.2, 0.25) is 0 Å². The lowest BCUT2D eigenvalue weighted by atomic mass is 10.00. The van der Waals surface area contributed by atoms with Crippen molar-refractivity contribution >= 4 is 17.3 Å². The number of esters is 1. The summed E-state index contributed by atoms with van der Waals surface area (Å²) >= 11 is 1.62. The van der Waals surface area contributed by atoms with Gasteiger partial charge in [-0.1, -0.05) is 17.7 Å². The lowest BCUT2D eigenvalue weighted by Crippen LogP contribution is -2.03. The van der Waals surface area contributed by atoms with Gasteiger partial charge in [0.15, 0.2) is 0 Å². The van der Waals surface area contributed by atoms with Gasteiger partial charge in [-0.25, -0.2) is 4.79 Å². The highest BCUT2D eigenvalue weighted by Crippen LogP contribution is 2.27. The molecule has 1 aromatic heterocycles. The van der Waals surface area contributed by atoms with Gasteiger partial charge in [-0.05, 0) is 40.9 Å². The van der Waals surface area contributed by atoms with Gasteiger partial charge in [0, 0.05) is 0 Å². The molecule has 82 valence electrons. The summed E-state index contributed by atoms with van der Waals surface area (Å²) in [5, 5.41) is 4.03. The SMILES string of the molecule is COC(=O)c1ccc(C)cc1-c1ccsc1. The third kappa shape index (κ3) is 1.99. The van der Waals surface area contributed by atoms with Crippen LogP contribution in [-0.4, -0.2) is 13.1 Å². The second-order valence-corrected chi connectivity index (χ2v) is 4.33. The average molecular weight is 232 g/mol. The van der Waals surface area contributed by atoms with Crippen molar-refractivity contribution in [2.75, 3.05) is 7.11 Å². The minimum absolute atomic E-state index is 0.291. The molecule has 0 N–H and O–H groups in total. The van der Waals surface area contributed by atoms with Crippen molar-refractivity contribution in [2.45, 2.75) is 6.92 Å². The van der Waals surface area contributed by atoms with E-state index in [1.54, 1.807) is 11.3 Å². The Kier molecular flexibility index (Phi) is 3.06. The molecule has 1 aromatic carbocycles. The summed E-state index contributed by atoms with van der Waals surface area (Å²) in [6, 6.07) is 7.75. The van der Waals surface area contributed by atoms with Crippen LogP contribution in [0.3, 0.4) is 0 Å². The van der Waals surface area contributed by atoms with Crippen molar-refractivity contribution in [3.05, 3.63) is 46.2 Å². The van der Waals surface area contributed by atoms with Gasteiger partial charge in [-0.2, -0.15) is 11.3 Å². The van der Waals surface area contributed by atoms with E-state index in [-0.39, 0.29) is 5.97 Å². The number of aryl methyl sites for hydroxylation is 1. The maximum Gasteiger partial charge on any atom is 0.338 e. The summed E-state index contributed by atoms with van der Waals surface area (Å²) in [5.41, 5.74) is 3.75. The number of methoxy groups -OCH3 is 1. The van der Waals surface area contributed by atoms with Crippen LogP contribution in [-0.2, 0) is 4.74 Å². The summed E-state index contributed by atoms with van der Waals surface area (Å²) in [4.78, 5) is 11.6. The molecule has 3 heteroatoms. The van der Waals surface area contributed by atoms with Gasteiger partial charge in [0.05, 0.1) is 12.7 Å². The monoisotopic (exact) mass is 232 g/mol. The van der Waals surface area contributed by atoms with Crippen LogP contribution in [0.15, 0.2) is 35.0 Å². The van der Waals surface area contributed by atoms with Gasteiger partial charge in [0.1, 0.15) is 0 Å². The average Bonchev–Trinajstić information content (AvgIpc) is 2.81. The zero-order valence-electron chi connectivity index (χ0n) is 9.19. The largest absolute Gasteiger partial charge is 0.465 e. The van der Waals surface area contributed by atoms with Crippen LogP contribution in [0.2, 0.25) is 0 Å². The molecule has 0 radical (unpaired) electrons. The third-order valence-corrected chi connectivity index (χ3v) is 3.10. The van der Waals surface area contributed by atoms with E-state index < -0.39 is 0 Å². The van der Waals surface area contributed by atoms with Crippen LogP contribution in [0.4, 0.5) is 0 Å². The lowest BCUT2D eigenvalue weighted by Gasteiger charge is -2.07. The Bertz CT molecular complexity index is 501. The third-order valence-electron chi connectivity index (χ3n) is 2.41.